The van der Waals surface area contributed by atoms with E-state index in [1.807, 2.05) is 24.3 Å². The Bertz CT molecular complexity index is 1210. The SMILES string of the molecule is O=C([O-])c1ccc(OCNc2cccc(-n3c(=S)[nH][nH]c3=S)c2)cc1N1[CH]C(O)CCC1.[Li+]. The first-order valence-electron chi connectivity index (χ1n) is 9.94. The third kappa shape index (κ3) is 5.88. The Morgan fingerprint density at radius 2 is 1.97 bits per heavy atom. The number of carbonyl (C=O) groups excluding carboxylic acids is 1. The number of carbonyl (C=O) groups is 1. The van der Waals surface area contributed by atoms with E-state index in [0.29, 0.717) is 33.9 Å². The van der Waals surface area contributed by atoms with E-state index < -0.39 is 12.1 Å². The Labute approximate surface area is 212 Å². The Kier molecular flexibility index (Phi) is 8.39. The molecule has 9 nitrogen and oxygen atoms in total. The van der Waals surface area contributed by atoms with Crippen molar-refractivity contribution in [2.75, 3.05) is 23.5 Å². The van der Waals surface area contributed by atoms with Gasteiger partial charge in [0.15, 0.2) is 16.3 Å². The van der Waals surface area contributed by atoms with Gasteiger partial charge in [0.05, 0.1) is 24.3 Å². The molecule has 12 heteroatoms. The van der Waals surface area contributed by atoms with E-state index in [9.17, 15) is 15.0 Å². The number of carboxylic acids is 1. The van der Waals surface area contributed by atoms with Gasteiger partial charge in [0.25, 0.3) is 0 Å². The minimum absolute atomic E-state index is 0. The monoisotopic (exact) mass is 478 g/mol. The first-order valence-corrected chi connectivity index (χ1v) is 10.8. The molecule has 0 spiro atoms. The summed E-state index contributed by atoms with van der Waals surface area (Å²) in [6, 6.07) is 12.2. The van der Waals surface area contributed by atoms with Crippen LogP contribution in [-0.4, -0.2) is 45.2 Å². The van der Waals surface area contributed by atoms with Crippen LogP contribution in [0.15, 0.2) is 42.5 Å². The van der Waals surface area contributed by atoms with Crippen LogP contribution in [0.25, 0.3) is 5.69 Å². The van der Waals surface area contributed by atoms with Gasteiger partial charge < -0.3 is 30.0 Å². The van der Waals surface area contributed by atoms with Crippen molar-refractivity contribution >= 4 is 41.8 Å². The molecule has 0 saturated carbocycles. The fraction of sp³-hybridized carbons (Fsp3) is 0.238. The van der Waals surface area contributed by atoms with Gasteiger partial charge in [-0.05, 0) is 67.6 Å². The average Bonchev–Trinajstić information content (AvgIpc) is 3.11. The Hall–Kier alpha value is -2.55. The number of aromatic carboxylic acids is 1. The van der Waals surface area contributed by atoms with Crippen molar-refractivity contribution in [3.63, 3.8) is 0 Å². The van der Waals surface area contributed by atoms with Crippen molar-refractivity contribution in [3.8, 4) is 11.4 Å². The predicted molar refractivity (Wildman–Crippen MR) is 123 cm³/mol. The molecule has 1 unspecified atom stereocenters. The van der Waals surface area contributed by atoms with Crippen molar-refractivity contribution in [2.45, 2.75) is 18.9 Å². The fourth-order valence-electron chi connectivity index (χ4n) is 3.54. The zero-order valence-corrected chi connectivity index (χ0v) is 19.5. The minimum Gasteiger partial charge on any atom is -0.545 e. The van der Waals surface area contributed by atoms with Crippen LogP contribution in [0.1, 0.15) is 23.2 Å². The molecule has 2 aromatic carbocycles. The minimum atomic E-state index is -1.28. The summed E-state index contributed by atoms with van der Waals surface area (Å²) in [7, 11) is 0. The molecule has 3 aromatic rings. The molecular weight excluding hydrogens is 457 g/mol. The summed E-state index contributed by atoms with van der Waals surface area (Å²) in [6.45, 7) is 2.37. The molecule has 2 heterocycles. The first kappa shape index (κ1) is 25.1. The number of aliphatic hydroxyl groups excluding tert-OH is 1. The Morgan fingerprint density at radius 1 is 1.21 bits per heavy atom. The van der Waals surface area contributed by atoms with Crippen molar-refractivity contribution in [1.82, 2.24) is 14.8 Å². The topological polar surface area (TPSA) is 121 Å². The molecule has 4 N–H and O–H groups in total. The number of hydrogen-bond acceptors (Lipinski definition) is 8. The molecule has 33 heavy (non-hydrogen) atoms. The second kappa shape index (κ2) is 11.0. The molecule has 167 valence electrons. The third-order valence-corrected chi connectivity index (χ3v) is 5.62. The second-order valence-corrected chi connectivity index (χ2v) is 8.00. The van der Waals surface area contributed by atoms with Crippen LogP contribution >= 0.6 is 24.4 Å². The molecule has 4 rings (SSSR count). The van der Waals surface area contributed by atoms with Gasteiger partial charge in [0, 0.05) is 29.5 Å². The maximum Gasteiger partial charge on any atom is 1.00 e. The van der Waals surface area contributed by atoms with Gasteiger partial charge in [-0.3, -0.25) is 14.8 Å². The first-order chi connectivity index (χ1) is 15.4. The Balaban J connectivity index is 0.00000306. The van der Waals surface area contributed by atoms with Crippen LogP contribution in [0.4, 0.5) is 11.4 Å². The molecule has 1 fully saturated rings. The van der Waals surface area contributed by atoms with Crippen molar-refractivity contribution in [1.29, 1.82) is 0 Å². The molecule has 1 aromatic heterocycles. The standard InChI is InChI=1S/C21H22N5O4S2.Li/c27-15-5-2-8-25(11-15)18-10-16(6-7-17(18)19(28)29)30-12-22-13-3-1-4-14(9-13)26-20(31)23-24-21(26)32;/h1,3-4,6-7,9-11,15,22,27H,2,5,8,12H2,(H,23,31)(H,24,32)(H,28,29);/q;+1/p-1. The zero-order valence-electron chi connectivity index (χ0n) is 17.9. The van der Waals surface area contributed by atoms with Crippen molar-refractivity contribution in [2.24, 2.45) is 0 Å². The summed E-state index contributed by atoms with van der Waals surface area (Å²) >= 11 is 10.5. The molecule has 0 aliphatic carbocycles. The largest absolute Gasteiger partial charge is 1.00 e. The predicted octanol–water partition coefficient (Wildman–Crippen LogP) is -0.469. The Morgan fingerprint density at radius 3 is 2.67 bits per heavy atom. The van der Waals surface area contributed by atoms with Crippen LogP contribution in [0.3, 0.4) is 0 Å². The smallest absolute Gasteiger partial charge is 0.545 e. The maximum absolute atomic E-state index is 11.5. The van der Waals surface area contributed by atoms with Gasteiger partial charge in [-0.1, -0.05) is 6.07 Å². The van der Waals surface area contributed by atoms with Gasteiger partial charge in [0.2, 0.25) is 0 Å². The van der Waals surface area contributed by atoms with E-state index in [1.165, 1.54) is 6.07 Å². The normalized spacial score (nSPS) is 15.5. The summed E-state index contributed by atoms with van der Waals surface area (Å²) in [5.74, 6) is -0.797. The number of piperidine rings is 1. The van der Waals surface area contributed by atoms with Crippen LogP contribution < -0.4 is 38.9 Å². The number of H-pyrrole nitrogens is 2. The molecule has 0 amide bonds. The summed E-state index contributed by atoms with van der Waals surface area (Å²) in [4.78, 5) is 13.3. The van der Waals surface area contributed by atoms with Crippen molar-refractivity contribution in [3.05, 3.63) is 64.1 Å². The number of carboxylic acid groups (broad SMARTS) is 1. The van der Waals surface area contributed by atoms with Gasteiger partial charge >= 0.3 is 18.9 Å². The molecule has 0 bridgehead atoms. The molecule has 1 saturated heterocycles. The average molecular weight is 479 g/mol. The molecule has 1 aliphatic rings. The van der Waals surface area contributed by atoms with Crippen LogP contribution in [-0.2, 0) is 0 Å². The van der Waals surface area contributed by atoms with E-state index in [0.717, 1.165) is 17.8 Å². The van der Waals surface area contributed by atoms with Gasteiger partial charge in [0.1, 0.15) is 5.75 Å². The fourth-order valence-corrected chi connectivity index (χ4v) is 4.10. The van der Waals surface area contributed by atoms with E-state index in [2.05, 4.69) is 15.5 Å². The van der Waals surface area contributed by atoms with Gasteiger partial charge in [-0.15, -0.1) is 0 Å². The number of aliphatic hydroxyl groups is 1. The third-order valence-electron chi connectivity index (χ3n) is 5.05. The number of aromatic nitrogens is 3. The van der Waals surface area contributed by atoms with E-state index in [1.54, 1.807) is 28.1 Å². The molecule has 1 radical (unpaired) electrons. The molecule has 1 aliphatic heterocycles. The molecule has 1 atom stereocenters. The number of rotatable bonds is 7. The van der Waals surface area contributed by atoms with Crippen LogP contribution in [0, 0.1) is 16.1 Å². The van der Waals surface area contributed by atoms with E-state index >= 15 is 0 Å². The number of nitrogens with zero attached hydrogens (tertiary/aromatic N) is 2. The number of aromatic amines is 2. The summed E-state index contributed by atoms with van der Waals surface area (Å²) in [6.07, 6.45) is 0.788. The summed E-state index contributed by atoms with van der Waals surface area (Å²) < 4.78 is 8.42. The van der Waals surface area contributed by atoms with Gasteiger partial charge in [-0.2, -0.15) is 0 Å². The summed E-state index contributed by atoms with van der Waals surface area (Å²) in [5, 5.41) is 30.2. The van der Waals surface area contributed by atoms with Crippen molar-refractivity contribution < 1.29 is 38.6 Å². The van der Waals surface area contributed by atoms with Gasteiger partial charge in [-0.25, -0.2) is 0 Å². The number of benzene rings is 2. The summed E-state index contributed by atoms with van der Waals surface area (Å²) in [5.41, 5.74) is 2.06. The number of hydrogen-bond donors (Lipinski definition) is 4. The van der Waals surface area contributed by atoms with E-state index in [-0.39, 0.29) is 31.2 Å². The number of anilines is 2. The van der Waals surface area contributed by atoms with Crippen LogP contribution in [0.5, 0.6) is 5.75 Å². The van der Waals surface area contributed by atoms with E-state index in [4.69, 9.17) is 29.2 Å². The maximum atomic E-state index is 11.5. The molecular formula is C21H21LiN5O4S2. The quantitative estimate of drug-likeness (QED) is 0.204. The van der Waals surface area contributed by atoms with Crippen LogP contribution in [0.2, 0.25) is 0 Å². The second-order valence-electron chi connectivity index (χ2n) is 7.23. The number of nitrogens with one attached hydrogen (secondary N) is 3. The number of ether oxygens (including phenoxy) is 1. The zero-order chi connectivity index (χ0) is 22.7.